The van der Waals surface area contributed by atoms with Gasteiger partial charge >= 0.3 is 12.1 Å². The monoisotopic (exact) mass is 310 g/mol. The van der Waals surface area contributed by atoms with E-state index in [1.807, 2.05) is 6.92 Å². The van der Waals surface area contributed by atoms with Gasteiger partial charge in [-0.05, 0) is 12.3 Å². The fourth-order valence-corrected chi connectivity index (χ4v) is 1.88. The molecule has 2 N–H and O–H groups in total. The molecule has 1 aliphatic rings. The van der Waals surface area contributed by atoms with Gasteiger partial charge in [0.2, 0.25) is 11.8 Å². The van der Waals surface area contributed by atoms with Crippen molar-refractivity contribution in [3.63, 3.8) is 0 Å². The number of hydrogen-bond acceptors (Lipinski definition) is 3. The highest BCUT2D eigenvalue weighted by atomic mass is 19.4. The molecule has 120 valence electrons. The van der Waals surface area contributed by atoms with Crippen LogP contribution >= 0.6 is 0 Å². The van der Waals surface area contributed by atoms with E-state index in [1.54, 1.807) is 0 Å². The highest BCUT2D eigenvalue weighted by Crippen LogP contribution is 2.37. The van der Waals surface area contributed by atoms with Crippen molar-refractivity contribution in [2.24, 2.45) is 11.8 Å². The summed E-state index contributed by atoms with van der Waals surface area (Å²) < 4.78 is 36.8. The number of halogens is 3. The third kappa shape index (κ3) is 6.46. The van der Waals surface area contributed by atoms with Crippen LogP contribution in [0.1, 0.15) is 19.8 Å². The molecule has 0 spiro atoms. The van der Waals surface area contributed by atoms with Crippen molar-refractivity contribution >= 4 is 17.8 Å². The van der Waals surface area contributed by atoms with Gasteiger partial charge in [0.05, 0.1) is 0 Å². The Labute approximate surface area is 119 Å². The molecule has 6 nitrogen and oxygen atoms in total. The second-order valence-electron chi connectivity index (χ2n) is 5.12. The Bertz CT molecular complexity index is 425. The Kier molecular flexibility index (Phi) is 5.56. The number of carboxylic acids is 1. The van der Waals surface area contributed by atoms with Gasteiger partial charge in [0, 0.05) is 18.9 Å². The Hall–Kier alpha value is -1.80. The zero-order chi connectivity index (χ0) is 16.2. The minimum absolute atomic E-state index is 0.0922. The van der Waals surface area contributed by atoms with Crippen LogP contribution in [0.25, 0.3) is 0 Å². The maximum atomic E-state index is 12.3. The summed E-state index contributed by atoms with van der Waals surface area (Å²) in [5.74, 6) is -2.52. The van der Waals surface area contributed by atoms with Gasteiger partial charge in [-0.3, -0.25) is 14.4 Å². The Morgan fingerprint density at radius 2 is 1.90 bits per heavy atom. The fraction of sp³-hybridized carbons (Fsp3) is 0.750. The van der Waals surface area contributed by atoms with Crippen LogP contribution in [0.5, 0.6) is 0 Å². The topological polar surface area (TPSA) is 86.7 Å². The Morgan fingerprint density at radius 3 is 2.33 bits per heavy atom. The molecule has 2 atom stereocenters. The second kappa shape index (κ2) is 6.77. The van der Waals surface area contributed by atoms with E-state index in [2.05, 4.69) is 5.32 Å². The lowest BCUT2D eigenvalue weighted by molar-refractivity contribution is -0.165. The number of nitrogens with one attached hydrogen (secondary N) is 1. The lowest BCUT2D eigenvalue weighted by atomic mass is 10.3. The van der Waals surface area contributed by atoms with Gasteiger partial charge in [0.1, 0.15) is 13.1 Å². The van der Waals surface area contributed by atoms with Gasteiger partial charge in [0.15, 0.2) is 0 Å². The summed E-state index contributed by atoms with van der Waals surface area (Å²) >= 11 is 0. The average molecular weight is 310 g/mol. The number of alkyl halides is 3. The first-order chi connectivity index (χ1) is 9.60. The van der Waals surface area contributed by atoms with Crippen LogP contribution < -0.4 is 5.32 Å². The quantitative estimate of drug-likeness (QED) is 0.722. The smallest absolute Gasteiger partial charge is 0.406 e. The van der Waals surface area contributed by atoms with Crippen LogP contribution in [0, 0.1) is 11.8 Å². The molecule has 1 saturated carbocycles. The normalized spacial score (nSPS) is 20.8. The lowest BCUT2D eigenvalue weighted by Gasteiger charge is -2.22. The van der Waals surface area contributed by atoms with Crippen LogP contribution in [0.3, 0.4) is 0 Å². The Balaban J connectivity index is 2.40. The first kappa shape index (κ1) is 17.3. The van der Waals surface area contributed by atoms with Crippen LogP contribution in [-0.4, -0.2) is 53.6 Å². The molecule has 1 aliphatic carbocycles. The maximum Gasteiger partial charge on any atom is 0.406 e. The van der Waals surface area contributed by atoms with E-state index in [0.29, 0.717) is 0 Å². The zero-order valence-corrected chi connectivity index (χ0v) is 11.4. The van der Waals surface area contributed by atoms with Crippen LogP contribution in [0.2, 0.25) is 0 Å². The zero-order valence-electron chi connectivity index (χ0n) is 11.4. The molecule has 0 radical (unpaired) electrons. The molecular weight excluding hydrogens is 293 g/mol. The fourth-order valence-electron chi connectivity index (χ4n) is 1.88. The molecule has 0 aromatic heterocycles. The van der Waals surface area contributed by atoms with Crippen molar-refractivity contribution in [2.45, 2.75) is 25.9 Å². The molecule has 1 rings (SSSR count). The summed E-state index contributed by atoms with van der Waals surface area (Å²) in [7, 11) is 0. The second-order valence-corrected chi connectivity index (χ2v) is 5.12. The highest BCUT2D eigenvalue weighted by molar-refractivity contribution is 5.83. The number of nitrogens with zero attached hydrogens (tertiary/aromatic N) is 1. The molecule has 0 aliphatic heterocycles. The van der Waals surface area contributed by atoms with E-state index in [0.717, 1.165) is 6.42 Å². The van der Waals surface area contributed by atoms with Gasteiger partial charge in [0.25, 0.3) is 0 Å². The number of amides is 2. The summed E-state index contributed by atoms with van der Waals surface area (Å²) in [6, 6.07) is 0. The van der Waals surface area contributed by atoms with E-state index in [1.165, 1.54) is 0 Å². The summed E-state index contributed by atoms with van der Waals surface area (Å²) in [5.41, 5.74) is 0. The van der Waals surface area contributed by atoms with Crippen molar-refractivity contribution in [3.05, 3.63) is 0 Å². The number of hydrogen-bond donors (Lipinski definition) is 2. The number of aliphatic carboxylic acids is 1. The van der Waals surface area contributed by atoms with Crippen molar-refractivity contribution in [1.82, 2.24) is 10.2 Å². The summed E-state index contributed by atoms with van der Waals surface area (Å²) in [6.07, 6.45) is -4.27. The SMILES string of the molecule is CC1CC1C(=O)NCCC(=O)N(CC(=O)O)CC(F)(F)F. The minimum Gasteiger partial charge on any atom is -0.480 e. The molecular formula is C12H17F3N2O4. The molecule has 0 heterocycles. The molecule has 0 aromatic carbocycles. The van der Waals surface area contributed by atoms with Crippen molar-refractivity contribution in [2.75, 3.05) is 19.6 Å². The van der Waals surface area contributed by atoms with Crippen molar-refractivity contribution < 1.29 is 32.7 Å². The largest absolute Gasteiger partial charge is 0.480 e. The Morgan fingerprint density at radius 1 is 1.33 bits per heavy atom. The van der Waals surface area contributed by atoms with Crippen molar-refractivity contribution in [3.8, 4) is 0 Å². The number of carboxylic acid groups (broad SMARTS) is 1. The number of rotatable bonds is 7. The van der Waals surface area contributed by atoms with Gasteiger partial charge < -0.3 is 15.3 Å². The van der Waals surface area contributed by atoms with Gasteiger partial charge in [-0.1, -0.05) is 6.92 Å². The van der Waals surface area contributed by atoms with Gasteiger partial charge in [-0.25, -0.2) is 0 Å². The average Bonchev–Trinajstić information content (AvgIpc) is 3.03. The summed E-state index contributed by atoms with van der Waals surface area (Å²) in [5, 5.41) is 11.0. The standard InChI is InChI=1S/C12H17F3N2O4/c1-7-4-8(7)11(21)16-3-2-9(18)17(5-10(19)20)6-12(13,14)15/h7-8H,2-6H2,1H3,(H,16,21)(H,19,20). The van der Waals surface area contributed by atoms with E-state index in [4.69, 9.17) is 5.11 Å². The first-order valence-electron chi connectivity index (χ1n) is 6.44. The van der Waals surface area contributed by atoms with Crippen LogP contribution in [-0.2, 0) is 14.4 Å². The summed E-state index contributed by atoms with van der Waals surface area (Å²) in [4.78, 5) is 33.8. The lowest BCUT2D eigenvalue weighted by Crippen LogP contribution is -2.43. The molecule has 21 heavy (non-hydrogen) atoms. The molecule has 0 aromatic rings. The van der Waals surface area contributed by atoms with Crippen LogP contribution in [0.15, 0.2) is 0 Å². The highest BCUT2D eigenvalue weighted by Gasteiger charge is 2.39. The predicted molar refractivity (Wildman–Crippen MR) is 65.2 cm³/mol. The molecule has 9 heteroatoms. The van der Waals surface area contributed by atoms with Gasteiger partial charge in [-0.15, -0.1) is 0 Å². The minimum atomic E-state index is -4.67. The third-order valence-electron chi connectivity index (χ3n) is 3.13. The third-order valence-corrected chi connectivity index (χ3v) is 3.13. The summed E-state index contributed by atoms with van der Waals surface area (Å²) in [6.45, 7) is -0.847. The molecule has 1 fully saturated rings. The van der Waals surface area contributed by atoms with E-state index < -0.39 is 31.1 Å². The predicted octanol–water partition coefficient (Wildman–Crippen LogP) is 0.624. The van der Waals surface area contributed by atoms with E-state index in [-0.39, 0.29) is 35.6 Å². The maximum absolute atomic E-state index is 12.3. The number of carbonyl (C=O) groups excluding carboxylic acids is 2. The van der Waals surface area contributed by atoms with E-state index >= 15 is 0 Å². The molecule has 0 saturated heterocycles. The molecule has 2 amide bonds. The molecule has 0 bridgehead atoms. The number of carbonyl (C=O) groups is 3. The van der Waals surface area contributed by atoms with Crippen LogP contribution in [0.4, 0.5) is 13.2 Å². The van der Waals surface area contributed by atoms with E-state index in [9.17, 15) is 27.6 Å². The van der Waals surface area contributed by atoms with Gasteiger partial charge in [-0.2, -0.15) is 13.2 Å². The molecule has 2 unspecified atom stereocenters. The first-order valence-corrected chi connectivity index (χ1v) is 6.44. The van der Waals surface area contributed by atoms with Crippen molar-refractivity contribution in [1.29, 1.82) is 0 Å².